The highest BCUT2D eigenvalue weighted by atomic mass is 32.2. The second-order valence-corrected chi connectivity index (χ2v) is 9.58. The van der Waals surface area contributed by atoms with Crippen molar-refractivity contribution >= 4 is 28.3 Å². The zero-order chi connectivity index (χ0) is 23.4. The van der Waals surface area contributed by atoms with E-state index >= 15 is 0 Å². The standard InChI is InChI=1S/C23H21F2N5OS2/c24-18-5-8-20(21(25)9-18)23(31,12-29-15-27-14-28-29)13-30(19-6-7-19)22(32)33-11-17-3-1-16(10-26)2-4-17/h1-5,8-9,14-15,19,31H,6-7,11-13H2. The molecule has 0 saturated heterocycles. The maximum Gasteiger partial charge on any atom is 0.137 e. The van der Waals surface area contributed by atoms with Crippen molar-refractivity contribution in [2.24, 2.45) is 0 Å². The Morgan fingerprint density at radius 3 is 2.64 bits per heavy atom. The second kappa shape index (κ2) is 9.95. The Kier molecular flexibility index (Phi) is 7.02. The van der Waals surface area contributed by atoms with Crippen LogP contribution in [0.25, 0.3) is 0 Å². The Hall–Kier alpha value is -2.87. The van der Waals surface area contributed by atoms with Crippen LogP contribution in [-0.2, 0) is 17.9 Å². The highest BCUT2D eigenvalue weighted by molar-refractivity contribution is 8.22. The number of nitrogens with zero attached hydrogens (tertiary/aromatic N) is 5. The molecule has 0 spiro atoms. The summed E-state index contributed by atoms with van der Waals surface area (Å²) in [5, 5.41) is 24.7. The normalized spacial score (nSPS) is 15.0. The third-order valence-corrected chi connectivity index (χ3v) is 6.97. The first-order valence-corrected chi connectivity index (χ1v) is 11.7. The number of thiocarbonyl (C=S) groups is 1. The summed E-state index contributed by atoms with van der Waals surface area (Å²) in [5.41, 5.74) is -0.137. The monoisotopic (exact) mass is 485 g/mol. The lowest BCUT2D eigenvalue weighted by atomic mass is 9.92. The Morgan fingerprint density at radius 1 is 1.27 bits per heavy atom. The van der Waals surface area contributed by atoms with E-state index in [1.54, 1.807) is 12.1 Å². The highest BCUT2D eigenvalue weighted by Crippen LogP contribution is 2.36. The number of thioether (sulfide) groups is 1. The molecule has 1 N–H and O–H groups in total. The fourth-order valence-corrected chi connectivity index (χ4v) is 4.84. The van der Waals surface area contributed by atoms with E-state index in [2.05, 4.69) is 16.2 Å². The van der Waals surface area contributed by atoms with Gasteiger partial charge in [0.1, 0.15) is 34.2 Å². The fraction of sp³-hybridized carbons (Fsp3) is 0.304. The molecule has 1 heterocycles. The van der Waals surface area contributed by atoms with Gasteiger partial charge in [0.05, 0.1) is 24.7 Å². The minimum Gasteiger partial charge on any atom is -0.381 e. The van der Waals surface area contributed by atoms with Crippen LogP contribution in [0.4, 0.5) is 8.78 Å². The minimum atomic E-state index is -1.72. The van der Waals surface area contributed by atoms with Crippen LogP contribution in [0.15, 0.2) is 55.1 Å². The summed E-state index contributed by atoms with van der Waals surface area (Å²) >= 11 is 7.14. The molecule has 1 aliphatic carbocycles. The molecule has 6 nitrogen and oxygen atoms in total. The van der Waals surface area contributed by atoms with E-state index < -0.39 is 17.2 Å². The molecule has 10 heteroatoms. The van der Waals surface area contributed by atoms with Gasteiger partial charge < -0.3 is 10.0 Å². The van der Waals surface area contributed by atoms with Crippen molar-refractivity contribution in [2.45, 2.75) is 36.8 Å². The first-order chi connectivity index (χ1) is 15.9. The van der Waals surface area contributed by atoms with Gasteiger partial charge in [0.25, 0.3) is 0 Å². The van der Waals surface area contributed by atoms with Gasteiger partial charge in [0, 0.05) is 23.4 Å². The van der Waals surface area contributed by atoms with Crippen molar-refractivity contribution in [3.05, 3.63) is 83.4 Å². The van der Waals surface area contributed by atoms with Crippen LogP contribution in [0, 0.1) is 23.0 Å². The van der Waals surface area contributed by atoms with Gasteiger partial charge in [0.15, 0.2) is 0 Å². The maximum atomic E-state index is 14.7. The number of aliphatic hydroxyl groups is 1. The van der Waals surface area contributed by atoms with Gasteiger partial charge in [-0.3, -0.25) is 0 Å². The summed E-state index contributed by atoms with van der Waals surface area (Å²) in [4.78, 5) is 5.82. The third kappa shape index (κ3) is 5.74. The Morgan fingerprint density at radius 2 is 2.03 bits per heavy atom. The first-order valence-electron chi connectivity index (χ1n) is 10.3. The van der Waals surface area contributed by atoms with Gasteiger partial charge in [-0.1, -0.05) is 42.2 Å². The van der Waals surface area contributed by atoms with Gasteiger partial charge in [-0.2, -0.15) is 10.4 Å². The zero-order valence-corrected chi connectivity index (χ0v) is 19.2. The van der Waals surface area contributed by atoms with Crippen LogP contribution in [-0.4, -0.2) is 41.7 Å². The first kappa shape index (κ1) is 23.3. The van der Waals surface area contributed by atoms with Crippen LogP contribution in [0.1, 0.15) is 29.5 Å². The molecule has 4 rings (SSSR count). The smallest absolute Gasteiger partial charge is 0.137 e. The number of hydrogen-bond acceptors (Lipinski definition) is 6. The van der Waals surface area contributed by atoms with E-state index in [0.29, 0.717) is 15.6 Å². The predicted octanol–water partition coefficient (Wildman–Crippen LogP) is 4.00. The van der Waals surface area contributed by atoms with Crippen molar-refractivity contribution in [3.63, 3.8) is 0 Å². The Balaban J connectivity index is 1.55. The van der Waals surface area contributed by atoms with Crippen LogP contribution < -0.4 is 0 Å². The highest BCUT2D eigenvalue weighted by Gasteiger charge is 2.41. The maximum absolute atomic E-state index is 14.7. The molecule has 3 aromatic rings. The van der Waals surface area contributed by atoms with E-state index in [9.17, 15) is 13.9 Å². The predicted molar refractivity (Wildman–Crippen MR) is 125 cm³/mol. The molecule has 1 aromatic heterocycles. The van der Waals surface area contributed by atoms with Crippen molar-refractivity contribution in [3.8, 4) is 6.07 Å². The third-order valence-electron chi connectivity index (χ3n) is 5.42. The van der Waals surface area contributed by atoms with E-state index in [-0.39, 0.29) is 24.7 Å². The van der Waals surface area contributed by atoms with Gasteiger partial charge >= 0.3 is 0 Å². The molecule has 2 aromatic carbocycles. The molecule has 0 amide bonds. The van der Waals surface area contributed by atoms with Gasteiger partial charge in [-0.15, -0.1) is 0 Å². The molecule has 33 heavy (non-hydrogen) atoms. The molecule has 0 bridgehead atoms. The lowest BCUT2D eigenvalue weighted by Crippen LogP contribution is -2.46. The van der Waals surface area contributed by atoms with E-state index in [1.807, 2.05) is 17.0 Å². The number of hydrogen-bond donors (Lipinski definition) is 1. The minimum absolute atomic E-state index is 0.0232. The summed E-state index contributed by atoms with van der Waals surface area (Å²) in [7, 11) is 0. The molecule has 0 radical (unpaired) electrons. The topological polar surface area (TPSA) is 78.0 Å². The van der Waals surface area contributed by atoms with Crippen LogP contribution >= 0.6 is 24.0 Å². The quantitative estimate of drug-likeness (QED) is 0.483. The van der Waals surface area contributed by atoms with Crippen LogP contribution in [0.3, 0.4) is 0 Å². The number of aromatic nitrogens is 3. The van der Waals surface area contributed by atoms with Crippen molar-refractivity contribution in [1.29, 1.82) is 5.26 Å². The van der Waals surface area contributed by atoms with Crippen molar-refractivity contribution in [2.75, 3.05) is 6.54 Å². The Bertz CT molecular complexity index is 1160. The number of benzene rings is 2. The molecular weight excluding hydrogens is 464 g/mol. The molecule has 1 atom stereocenters. The van der Waals surface area contributed by atoms with E-state index in [1.165, 1.54) is 35.2 Å². The lowest BCUT2D eigenvalue weighted by Gasteiger charge is -2.36. The van der Waals surface area contributed by atoms with Crippen molar-refractivity contribution < 1.29 is 13.9 Å². The van der Waals surface area contributed by atoms with E-state index in [0.717, 1.165) is 30.5 Å². The molecule has 1 unspecified atom stereocenters. The van der Waals surface area contributed by atoms with Crippen LogP contribution in [0.5, 0.6) is 0 Å². The second-order valence-electron chi connectivity index (χ2n) is 7.97. The van der Waals surface area contributed by atoms with Crippen molar-refractivity contribution in [1.82, 2.24) is 19.7 Å². The SMILES string of the molecule is N#Cc1ccc(CSC(=S)N(CC(O)(Cn2cncn2)c2ccc(F)cc2F)C2CC2)cc1. The number of halogens is 2. The summed E-state index contributed by atoms with van der Waals surface area (Å²) < 4.78 is 30.3. The molecular formula is C23H21F2N5OS2. The van der Waals surface area contributed by atoms with Gasteiger partial charge in [-0.25, -0.2) is 18.4 Å². The van der Waals surface area contributed by atoms with E-state index in [4.69, 9.17) is 17.5 Å². The molecule has 1 aliphatic rings. The average Bonchev–Trinajstić information content (AvgIpc) is 3.52. The summed E-state index contributed by atoms with van der Waals surface area (Å²) in [5.74, 6) is -0.948. The molecule has 170 valence electrons. The summed E-state index contributed by atoms with van der Waals surface area (Å²) in [6, 6.07) is 12.7. The average molecular weight is 486 g/mol. The number of nitriles is 1. The molecule has 0 aliphatic heterocycles. The molecule has 1 fully saturated rings. The largest absolute Gasteiger partial charge is 0.381 e. The fourth-order valence-electron chi connectivity index (χ4n) is 3.58. The number of rotatable bonds is 8. The summed E-state index contributed by atoms with van der Waals surface area (Å²) in [6.07, 6.45) is 4.61. The molecule has 1 saturated carbocycles. The van der Waals surface area contributed by atoms with Crippen LogP contribution in [0.2, 0.25) is 0 Å². The zero-order valence-electron chi connectivity index (χ0n) is 17.6. The Labute approximate surface area is 199 Å². The van der Waals surface area contributed by atoms with Gasteiger partial charge in [-0.05, 0) is 36.6 Å². The summed E-state index contributed by atoms with van der Waals surface area (Å²) in [6.45, 7) is -0.0407. The van der Waals surface area contributed by atoms with Gasteiger partial charge in [0.2, 0.25) is 0 Å². The lowest BCUT2D eigenvalue weighted by molar-refractivity contribution is -0.00746.